The Morgan fingerprint density at radius 1 is 1.29 bits per heavy atom. The number of nitriles is 1. The third-order valence-electron chi connectivity index (χ3n) is 2.89. The predicted octanol–water partition coefficient (Wildman–Crippen LogP) is 1.97. The summed E-state index contributed by atoms with van der Waals surface area (Å²) in [5.74, 6) is 0.0604. The van der Waals surface area contributed by atoms with E-state index in [1.165, 1.54) is 12.3 Å². The van der Waals surface area contributed by atoms with Gasteiger partial charge in [-0.2, -0.15) is 5.26 Å². The van der Waals surface area contributed by atoms with Crippen LogP contribution in [0.3, 0.4) is 0 Å². The van der Waals surface area contributed by atoms with Crippen LogP contribution in [0.2, 0.25) is 0 Å². The molecule has 106 valence electrons. The molecule has 0 aliphatic rings. The molecule has 0 fully saturated rings. The molecule has 2 N–H and O–H groups in total. The second-order valence-corrected chi connectivity index (χ2v) is 4.25. The average molecular weight is 284 g/mol. The molecule has 0 saturated heterocycles. The topological polar surface area (TPSA) is 112 Å². The van der Waals surface area contributed by atoms with Crippen LogP contribution in [-0.4, -0.2) is 15.0 Å². The summed E-state index contributed by atoms with van der Waals surface area (Å²) in [5.41, 5.74) is 1.31. The third-order valence-corrected chi connectivity index (χ3v) is 2.89. The second kappa shape index (κ2) is 6.45. The Kier molecular flexibility index (Phi) is 4.43. The van der Waals surface area contributed by atoms with E-state index in [9.17, 15) is 10.1 Å². The average Bonchev–Trinajstić information content (AvgIpc) is 2.52. The maximum absolute atomic E-state index is 11.0. The van der Waals surface area contributed by atoms with Gasteiger partial charge in [-0.3, -0.25) is 10.1 Å². The van der Waals surface area contributed by atoms with Gasteiger partial charge in [0, 0.05) is 12.7 Å². The Balaban J connectivity index is 2.20. The van der Waals surface area contributed by atoms with Gasteiger partial charge in [0.25, 0.3) is 0 Å². The molecule has 1 aromatic carbocycles. The molecule has 0 bridgehead atoms. The summed E-state index contributed by atoms with van der Waals surface area (Å²) in [4.78, 5) is 14.3. The molecule has 0 aliphatic heterocycles. The van der Waals surface area contributed by atoms with Gasteiger partial charge in [-0.25, -0.2) is 4.98 Å². The van der Waals surface area contributed by atoms with Gasteiger partial charge in [0.1, 0.15) is 11.6 Å². The van der Waals surface area contributed by atoms with Gasteiger partial charge >= 0.3 is 5.69 Å². The monoisotopic (exact) mass is 284 g/mol. The van der Waals surface area contributed by atoms with E-state index in [1.54, 1.807) is 30.3 Å². The SMILES string of the molecule is N#Cc1ccnc(NCc2ccc(CO)cc2)c1[N+](=O)[O-]. The van der Waals surface area contributed by atoms with E-state index in [0.29, 0.717) is 6.54 Å². The van der Waals surface area contributed by atoms with E-state index in [2.05, 4.69) is 10.3 Å². The summed E-state index contributed by atoms with van der Waals surface area (Å²) in [6, 6.07) is 10.2. The first-order valence-corrected chi connectivity index (χ1v) is 6.11. The summed E-state index contributed by atoms with van der Waals surface area (Å²) in [6.45, 7) is 0.291. The Bertz CT molecular complexity index is 692. The van der Waals surface area contributed by atoms with Crippen LogP contribution in [0.5, 0.6) is 0 Å². The summed E-state index contributed by atoms with van der Waals surface area (Å²) >= 11 is 0. The molecular formula is C14H12N4O3. The zero-order valence-electron chi connectivity index (χ0n) is 11.0. The first-order valence-electron chi connectivity index (χ1n) is 6.11. The molecule has 0 aliphatic carbocycles. The molecule has 7 heteroatoms. The van der Waals surface area contributed by atoms with Crippen LogP contribution >= 0.6 is 0 Å². The number of aromatic nitrogens is 1. The zero-order valence-corrected chi connectivity index (χ0v) is 11.0. The Morgan fingerprint density at radius 3 is 2.52 bits per heavy atom. The van der Waals surface area contributed by atoms with E-state index in [4.69, 9.17) is 10.4 Å². The van der Waals surface area contributed by atoms with Crippen molar-refractivity contribution in [3.63, 3.8) is 0 Å². The van der Waals surface area contributed by atoms with Crippen molar-refractivity contribution in [2.45, 2.75) is 13.2 Å². The van der Waals surface area contributed by atoms with Crippen molar-refractivity contribution in [3.8, 4) is 6.07 Å². The van der Waals surface area contributed by atoms with Crippen molar-refractivity contribution in [1.82, 2.24) is 4.98 Å². The minimum absolute atomic E-state index is 0.0341. The van der Waals surface area contributed by atoms with Crippen LogP contribution in [0.1, 0.15) is 16.7 Å². The lowest BCUT2D eigenvalue weighted by Gasteiger charge is -2.07. The van der Waals surface area contributed by atoms with Crippen molar-refractivity contribution in [3.05, 3.63) is 63.3 Å². The molecule has 0 amide bonds. The van der Waals surface area contributed by atoms with E-state index in [1.807, 2.05) is 0 Å². The number of benzene rings is 1. The molecular weight excluding hydrogens is 272 g/mol. The smallest absolute Gasteiger partial charge is 0.328 e. The minimum atomic E-state index is -0.622. The van der Waals surface area contributed by atoms with Crippen LogP contribution in [0.4, 0.5) is 11.5 Å². The number of aliphatic hydroxyl groups is 1. The molecule has 2 rings (SSSR count). The first-order chi connectivity index (χ1) is 10.2. The number of nitrogens with one attached hydrogen (secondary N) is 1. The van der Waals surface area contributed by atoms with Gasteiger partial charge in [0.05, 0.1) is 11.5 Å². The Labute approximate surface area is 120 Å². The highest BCUT2D eigenvalue weighted by Crippen LogP contribution is 2.26. The number of hydrogen-bond acceptors (Lipinski definition) is 6. The fourth-order valence-electron chi connectivity index (χ4n) is 1.81. The van der Waals surface area contributed by atoms with E-state index in [0.717, 1.165) is 11.1 Å². The summed E-state index contributed by atoms with van der Waals surface area (Å²) in [7, 11) is 0. The Morgan fingerprint density at radius 2 is 1.95 bits per heavy atom. The standard InChI is InChI=1S/C14H12N4O3/c15-7-12-5-6-16-14(13(12)18(20)21)17-8-10-1-3-11(9-19)4-2-10/h1-6,19H,8-9H2,(H,16,17). The van der Waals surface area contributed by atoms with Crippen LogP contribution in [0, 0.1) is 21.4 Å². The maximum Gasteiger partial charge on any atom is 0.328 e. The third kappa shape index (κ3) is 3.32. The normalized spacial score (nSPS) is 9.90. The molecule has 21 heavy (non-hydrogen) atoms. The fraction of sp³-hybridized carbons (Fsp3) is 0.143. The van der Waals surface area contributed by atoms with Crippen LogP contribution in [-0.2, 0) is 13.2 Å². The van der Waals surface area contributed by atoms with E-state index >= 15 is 0 Å². The molecule has 0 radical (unpaired) electrons. The van der Waals surface area contributed by atoms with Gasteiger partial charge in [-0.1, -0.05) is 24.3 Å². The van der Waals surface area contributed by atoms with Crippen LogP contribution < -0.4 is 5.32 Å². The van der Waals surface area contributed by atoms with E-state index < -0.39 is 4.92 Å². The van der Waals surface area contributed by atoms with E-state index in [-0.39, 0.29) is 23.7 Å². The molecule has 7 nitrogen and oxygen atoms in total. The van der Waals surface area contributed by atoms with Crippen molar-refractivity contribution in [2.75, 3.05) is 5.32 Å². The number of nitrogens with zero attached hydrogens (tertiary/aromatic N) is 3. The highest BCUT2D eigenvalue weighted by Gasteiger charge is 2.20. The molecule has 0 atom stereocenters. The second-order valence-electron chi connectivity index (χ2n) is 4.25. The number of anilines is 1. The van der Waals surface area contributed by atoms with Gasteiger partial charge in [-0.15, -0.1) is 0 Å². The van der Waals surface area contributed by atoms with Gasteiger partial charge < -0.3 is 10.4 Å². The van der Waals surface area contributed by atoms with Crippen molar-refractivity contribution >= 4 is 11.5 Å². The quantitative estimate of drug-likeness (QED) is 0.641. The highest BCUT2D eigenvalue weighted by molar-refractivity contribution is 5.64. The predicted molar refractivity (Wildman–Crippen MR) is 75.3 cm³/mol. The lowest BCUT2D eigenvalue weighted by Crippen LogP contribution is -2.06. The summed E-state index contributed by atoms with van der Waals surface area (Å²) in [6.07, 6.45) is 1.35. The number of aliphatic hydroxyl groups excluding tert-OH is 1. The molecule has 1 heterocycles. The maximum atomic E-state index is 11.0. The van der Waals surface area contributed by atoms with Gasteiger partial charge in [-0.05, 0) is 17.2 Å². The van der Waals surface area contributed by atoms with Gasteiger partial charge in [0.15, 0.2) is 0 Å². The molecule has 0 unspecified atom stereocenters. The van der Waals surface area contributed by atoms with Gasteiger partial charge in [0.2, 0.25) is 5.82 Å². The summed E-state index contributed by atoms with van der Waals surface area (Å²) < 4.78 is 0. The first kappa shape index (κ1) is 14.4. The number of pyridine rings is 1. The lowest BCUT2D eigenvalue weighted by molar-refractivity contribution is -0.384. The Hall–Kier alpha value is -2.98. The summed E-state index contributed by atoms with van der Waals surface area (Å²) in [5, 5.41) is 31.8. The van der Waals surface area contributed by atoms with Crippen molar-refractivity contribution in [1.29, 1.82) is 5.26 Å². The number of rotatable bonds is 5. The number of nitro groups is 1. The van der Waals surface area contributed by atoms with Crippen molar-refractivity contribution in [2.24, 2.45) is 0 Å². The number of hydrogen-bond donors (Lipinski definition) is 2. The molecule has 1 aromatic heterocycles. The molecule has 0 saturated carbocycles. The fourth-order valence-corrected chi connectivity index (χ4v) is 1.81. The lowest BCUT2D eigenvalue weighted by atomic mass is 10.1. The molecule has 0 spiro atoms. The largest absolute Gasteiger partial charge is 0.392 e. The highest BCUT2D eigenvalue weighted by atomic mass is 16.6. The zero-order chi connectivity index (χ0) is 15.2. The molecule has 2 aromatic rings. The van der Waals surface area contributed by atoms with Crippen molar-refractivity contribution < 1.29 is 10.0 Å². The van der Waals surface area contributed by atoms with Crippen LogP contribution in [0.25, 0.3) is 0 Å². The minimum Gasteiger partial charge on any atom is -0.392 e. The van der Waals surface area contributed by atoms with Crippen LogP contribution in [0.15, 0.2) is 36.5 Å².